The van der Waals surface area contributed by atoms with Gasteiger partial charge in [-0.15, -0.1) is 0 Å². The van der Waals surface area contributed by atoms with E-state index in [0.717, 1.165) is 17.5 Å². The van der Waals surface area contributed by atoms with Gasteiger partial charge in [0.25, 0.3) is 0 Å². The molecule has 11 nitrogen and oxygen atoms in total. The molecule has 4 atom stereocenters. The number of hydrogen-bond donors (Lipinski definition) is 4. The van der Waals surface area contributed by atoms with Crippen molar-refractivity contribution in [1.82, 2.24) is 21.3 Å². The highest BCUT2D eigenvalue weighted by atomic mass is 16.5. The molecule has 1 aliphatic rings. The Kier molecular flexibility index (Phi) is 14.8. The van der Waals surface area contributed by atoms with E-state index < -0.39 is 42.0 Å². The van der Waals surface area contributed by atoms with Crippen LogP contribution in [0.4, 0.5) is 4.79 Å². The van der Waals surface area contributed by atoms with E-state index in [1.165, 1.54) is 12.2 Å². The van der Waals surface area contributed by atoms with E-state index in [9.17, 15) is 24.0 Å². The maximum Gasteiger partial charge on any atom is 0.408 e. The molecule has 11 heteroatoms. The number of ether oxygens (including phenoxy) is 2. The number of esters is 1. The van der Waals surface area contributed by atoms with Crippen LogP contribution in [0, 0.1) is 11.8 Å². The first-order valence-electron chi connectivity index (χ1n) is 15.9. The van der Waals surface area contributed by atoms with E-state index in [4.69, 9.17) is 9.47 Å². The summed E-state index contributed by atoms with van der Waals surface area (Å²) in [5, 5.41) is 11.3. The number of piperidine rings is 1. The number of amides is 4. The van der Waals surface area contributed by atoms with Crippen molar-refractivity contribution in [2.45, 2.75) is 77.6 Å². The first kappa shape index (κ1) is 35.8. The lowest BCUT2D eigenvalue weighted by molar-refractivity contribution is -0.137. The van der Waals surface area contributed by atoms with Crippen LogP contribution in [-0.4, -0.2) is 61.1 Å². The Hall–Kier alpha value is -4.67. The molecule has 0 aromatic heterocycles. The van der Waals surface area contributed by atoms with E-state index in [-0.39, 0.29) is 43.8 Å². The lowest BCUT2D eigenvalue weighted by Gasteiger charge is -2.28. The summed E-state index contributed by atoms with van der Waals surface area (Å²) in [6.45, 7) is 6.38. The standard InChI is InChI=1S/C35H46N4O7/c1-4-45-31(40)18-17-28(22-27-16-11-19-36-32(27)41)37-33(42)30(21-25-12-7-5-8-13-25)38-34(43)29(20-24(2)3)39-35(44)46-23-26-14-9-6-10-15-26/h5-10,12-15,17-18,24,27-30H,4,11,16,19-23H2,1-3H3,(H,36,41)(H,37,42)(H,38,43)(H,39,44)/b18-17+/t27-,28+,29-,30-/m0/s1. The lowest BCUT2D eigenvalue weighted by atomic mass is 9.91. The van der Waals surface area contributed by atoms with Crippen molar-refractivity contribution in [1.29, 1.82) is 0 Å². The Morgan fingerprint density at radius 2 is 1.54 bits per heavy atom. The van der Waals surface area contributed by atoms with Crippen LogP contribution >= 0.6 is 0 Å². The molecule has 0 saturated carbocycles. The van der Waals surface area contributed by atoms with E-state index in [2.05, 4.69) is 21.3 Å². The molecule has 0 bridgehead atoms. The van der Waals surface area contributed by atoms with Crippen molar-refractivity contribution < 1.29 is 33.4 Å². The molecule has 1 saturated heterocycles. The van der Waals surface area contributed by atoms with Gasteiger partial charge in [-0.2, -0.15) is 0 Å². The van der Waals surface area contributed by atoms with Crippen molar-refractivity contribution in [3.05, 3.63) is 83.9 Å². The van der Waals surface area contributed by atoms with E-state index in [1.807, 2.05) is 74.5 Å². The minimum atomic E-state index is -1.02. The van der Waals surface area contributed by atoms with Gasteiger partial charge in [-0.05, 0) is 49.7 Å². The molecular weight excluding hydrogens is 588 g/mol. The molecule has 3 rings (SSSR count). The molecular formula is C35H46N4O7. The Bertz CT molecular complexity index is 1320. The minimum Gasteiger partial charge on any atom is -0.463 e. The van der Waals surface area contributed by atoms with Gasteiger partial charge in [0.1, 0.15) is 18.7 Å². The summed E-state index contributed by atoms with van der Waals surface area (Å²) in [5.41, 5.74) is 1.61. The summed E-state index contributed by atoms with van der Waals surface area (Å²) < 4.78 is 10.3. The number of carbonyl (C=O) groups is 5. The van der Waals surface area contributed by atoms with Gasteiger partial charge in [-0.3, -0.25) is 14.4 Å². The molecule has 1 aliphatic heterocycles. The Labute approximate surface area is 270 Å². The number of carbonyl (C=O) groups excluding carboxylic acids is 5. The fourth-order valence-corrected chi connectivity index (χ4v) is 5.16. The van der Waals surface area contributed by atoms with Crippen molar-refractivity contribution in [3.8, 4) is 0 Å². The second kappa shape index (κ2) is 19.0. The highest BCUT2D eigenvalue weighted by molar-refractivity contribution is 5.92. The maximum atomic E-state index is 13.8. The number of rotatable bonds is 16. The van der Waals surface area contributed by atoms with Crippen molar-refractivity contribution in [2.24, 2.45) is 11.8 Å². The van der Waals surface area contributed by atoms with Crippen LogP contribution < -0.4 is 21.3 Å². The number of nitrogens with one attached hydrogen (secondary N) is 4. The van der Waals surface area contributed by atoms with Gasteiger partial charge in [0.05, 0.1) is 6.61 Å². The van der Waals surface area contributed by atoms with Crippen molar-refractivity contribution in [2.75, 3.05) is 13.2 Å². The lowest BCUT2D eigenvalue weighted by Crippen LogP contribution is -2.56. The first-order valence-corrected chi connectivity index (χ1v) is 15.9. The van der Waals surface area contributed by atoms with Crippen molar-refractivity contribution >= 4 is 29.8 Å². The molecule has 46 heavy (non-hydrogen) atoms. The fourth-order valence-electron chi connectivity index (χ4n) is 5.16. The Balaban J connectivity index is 1.77. The van der Waals surface area contributed by atoms with Gasteiger partial charge < -0.3 is 30.7 Å². The van der Waals surface area contributed by atoms with E-state index in [1.54, 1.807) is 6.92 Å². The third kappa shape index (κ3) is 12.7. The van der Waals surface area contributed by atoms with Gasteiger partial charge in [-0.25, -0.2) is 9.59 Å². The predicted molar refractivity (Wildman–Crippen MR) is 173 cm³/mol. The zero-order chi connectivity index (χ0) is 33.3. The van der Waals surface area contributed by atoms with Crippen LogP contribution in [0.2, 0.25) is 0 Å². The second-order valence-corrected chi connectivity index (χ2v) is 11.7. The maximum absolute atomic E-state index is 13.8. The normalized spacial score (nSPS) is 16.5. The molecule has 2 aromatic rings. The average molecular weight is 635 g/mol. The summed E-state index contributed by atoms with van der Waals surface area (Å²) in [6, 6.07) is 15.8. The molecule has 0 unspecified atom stereocenters. The number of benzene rings is 2. The van der Waals surface area contributed by atoms with Crippen LogP contribution in [0.25, 0.3) is 0 Å². The summed E-state index contributed by atoms with van der Waals surface area (Å²) in [7, 11) is 0. The second-order valence-electron chi connectivity index (χ2n) is 11.7. The summed E-state index contributed by atoms with van der Waals surface area (Å²) >= 11 is 0. The van der Waals surface area contributed by atoms with Gasteiger partial charge in [0, 0.05) is 31.0 Å². The van der Waals surface area contributed by atoms with Crippen LogP contribution in [0.15, 0.2) is 72.8 Å². The molecule has 248 valence electrons. The molecule has 4 N–H and O–H groups in total. The fraction of sp³-hybridized carbons (Fsp3) is 0.457. The molecule has 2 aromatic carbocycles. The average Bonchev–Trinajstić information content (AvgIpc) is 3.04. The Morgan fingerprint density at radius 3 is 2.17 bits per heavy atom. The quantitative estimate of drug-likeness (QED) is 0.163. The molecule has 4 amide bonds. The van der Waals surface area contributed by atoms with Gasteiger partial charge in [0.15, 0.2) is 0 Å². The number of hydrogen-bond acceptors (Lipinski definition) is 7. The van der Waals surface area contributed by atoms with Crippen LogP contribution in [0.1, 0.15) is 57.6 Å². The predicted octanol–water partition coefficient (Wildman–Crippen LogP) is 3.58. The van der Waals surface area contributed by atoms with Crippen LogP contribution in [0.5, 0.6) is 0 Å². The Morgan fingerprint density at radius 1 is 0.891 bits per heavy atom. The monoisotopic (exact) mass is 634 g/mol. The number of alkyl carbamates (subject to hydrolysis) is 1. The van der Waals surface area contributed by atoms with Gasteiger partial charge >= 0.3 is 12.1 Å². The SMILES string of the molecule is CCOC(=O)/C=C/[C@H](C[C@@H]1CCCNC1=O)NC(=O)[C@H](Cc1ccccc1)NC(=O)[C@H](CC(C)C)NC(=O)OCc1ccccc1. The summed E-state index contributed by atoms with van der Waals surface area (Å²) in [6.07, 6.45) is 4.22. The molecule has 0 aliphatic carbocycles. The largest absolute Gasteiger partial charge is 0.463 e. The summed E-state index contributed by atoms with van der Waals surface area (Å²) in [4.78, 5) is 64.7. The topological polar surface area (TPSA) is 152 Å². The summed E-state index contributed by atoms with van der Waals surface area (Å²) in [5.74, 6) is -2.01. The molecule has 1 fully saturated rings. The van der Waals surface area contributed by atoms with Gasteiger partial charge in [0.2, 0.25) is 17.7 Å². The van der Waals surface area contributed by atoms with Gasteiger partial charge in [-0.1, -0.05) is 80.6 Å². The van der Waals surface area contributed by atoms with Crippen LogP contribution in [0.3, 0.4) is 0 Å². The third-order valence-corrected chi connectivity index (χ3v) is 7.46. The zero-order valence-corrected chi connectivity index (χ0v) is 26.8. The highest BCUT2D eigenvalue weighted by Crippen LogP contribution is 2.19. The molecule has 1 heterocycles. The zero-order valence-electron chi connectivity index (χ0n) is 26.8. The van der Waals surface area contributed by atoms with E-state index >= 15 is 0 Å². The smallest absolute Gasteiger partial charge is 0.408 e. The molecule has 0 spiro atoms. The highest BCUT2D eigenvalue weighted by Gasteiger charge is 2.31. The van der Waals surface area contributed by atoms with Crippen molar-refractivity contribution in [3.63, 3.8) is 0 Å². The van der Waals surface area contributed by atoms with E-state index in [0.29, 0.717) is 19.4 Å². The first-order chi connectivity index (χ1) is 22.1. The van der Waals surface area contributed by atoms with Crippen LogP contribution in [-0.2, 0) is 41.7 Å². The minimum absolute atomic E-state index is 0.0431. The third-order valence-electron chi connectivity index (χ3n) is 7.46. The molecule has 0 radical (unpaired) electrons.